The Hall–Kier alpha value is -2.83. The third-order valence-electron chi connectivity index (χ3n) is 6.37. The van der Waals surface area contributed by atoms with Crippen LogP contribution in [0.1, 0.15) is 36.2 Å². The number of aryl methyl sites for hydroxylation is 2. The summed E-state index contributed by atoms with van der Waals surface area (Å²) in [7, 11) is 3.27. The summed E-state index contributed by atoms with van der Waals surface area (Å²) in [5.74, 6) is 2.53. The molecule has 1 aromatic carbocycles. The number of likely N-dealkylation sites (tertiary alicyclic amines) is 1. The molecular formula is C23H30N4O3. The number of aromatic nitrogens is 2. The van der Waals surface area contributed by atoms with Crippen LogP contribution in [-0.4, -0.2) is 54.6 Å². The highest BCUT2D eigenvalue weighted by atomic mass is 16.5. The molecule has 0 saturated carbocycles. The first-order chi connectivity index (χ1) is 14.5. The van der Waals surface area contributed by atoms with E-state index in [-0.39, 0.29) is 11.3 Å². The Labute approximate surface area is 178 Å². The number of anilines is 1. The molecule has 3 heterocycles. The molecule has 7 heteroatoms. The van der Waals surface area contributed by atoms with Gasteiger partial charge in [-0.15, -0.1) is 0 Å². The van der Waals surface area contributed by atoms with Crippen molar-refractivity contribution in [3.05, 3.63) is 41.3 Å². The van der Waals surface area contributed by atoms with Crippen LogP contribution in [0.25, 0.3) is 0 Å². The molecule has 2 aliphatic rings. The number of ether oxygens (including phenoxy) is 2. The molecule has 0 radical (unpaired) electrons. The van der Waals surface area contributed by atoms with Crippen LogP contribution in [-0.2, 0) is 11.3 Å². The second kappa shape index (κ2) is 8.13. The fourth-order valence-corrected chi connectivity index (χ4v) is 4.84. The first-order valence-corrected chi connectivity index (χ1v) is 10.5. The Morgan fingerprint density at radius 2 is 1.97 bits per heavy atom. The number of carbonyl (C=O) groups is 1. The molecule has 30 heavy (non-hydrogen) atoms. The molecule has 2 saturated heterocycles. The minimum Gasteiger partial charge on any atom is -0.493 e. The number of benzene rings is 1. The SMILES string of the molecule is COc1cccc(CN2CCC[C@@]3(CCN(c4nc(C)cnc4C)C3)C2=O)c1OC. The third kappa shape index (κ3) is 3.57. The van der Waals surface area contributed by atoms with Crippen molar-refractivity contribution in [3.8, 4) is 11.5 Å². The van der Waals surface area contributed by atoms with Gasteiger partial charge in [0, 0.05) is 37.9 Å². The van der Waals surface area contributed by atoms with Gasteiger partial charge in [-0.1, -0.05) is 12.1 Å². The number of carbonyl (C=O) groups excluding carboxylic acids is 1. The van der Waals surface area contributed by atoms with E-state index in [9.17, 15) is 4.79 Å². The molecule has 0 N–H and O–H groups in total. The minimum absolute atomic E-state index is 0.236. The summed E-state index contributed by atoms with van der Waals surface area (Å²) in [4.78, 5) is 27.0. The van der Waals surface area contributed by atoms with Crippen LogP contribution in [0.3, 0.4) is 0 Å². The number of piperidine rings is 1. The lowest BCUT2D eigenvalue weighted by molar-refractivity contribution is -0.145. The van der Waals surface area contributed by atoms with E-state index in [1.807, 2.05) is 36.9 Å². The number of amides is 1. The summed E-state index contributed by atoms with van der Waals surface area (Å²) < 4.78 is 11.0. The van der Waals surface area contributed by atoms with Crippen molar-refractivity contribution in [2.45, 2.75) is 39.7 Å². The predicted molar refractivity (Wildman–Crippen MR) is 115 cm³/mol. The standard InChI is InChI=1S/C23H30N4O3/c1-16-13-24-17(2)21(25-16)27-12-10-23(15-27)9-6-11-26(22(23)28)14-18-7-5-8-19(29-3)20(18)30-4/h5,7-8,13H,6,9-12,14-15H2,1-4H3/t23-/m0/s1. The van der Waals surface area contributed by atoms with Crippen LogP contribution in [0.2, 0.25) is 0 Å². The molecule has 1 amide bonds. The lowest BCUT2D eigenvalue weighted by atomic mass is 9.78. The first kappa shape index (κ1) is 20.4. The van der Waals surface area contributed by atoms with Gasteiger partial charge in [0.1, 0.15) is 5.82 Å². The normalized spacial score (nSPS) is 21.4. The number of rotatable bonds is 5. The van der Waals surface area contributed by atoms with Gasteiger partial charge in [-0.3, -0.25) is 9.78 Å². The quantitative estimate of drug-likeness (QED) is 0.754. The monoisotopic (exact) mass is 410 g/mol. The van der Waals surface area contributed by atoms with Crippen molar-refractivity contribution < 1.29 is 14.3 Å². The first-order valence-electron chi connectivity index (χ1n) is 10.5. The van der Waals surface area contributed by atoms with E-state index in [1.165, 1.54) is 0 Å². The van der Waals surface area contributed by atoms with Gasteiger partial charge in [0.15, 0.2) is 11.5 Å². The van der Waals surface area contributed by atoms with Crippen LogP contribution in [0.5, 0.6) is 11.5 Å². The van der Waals surface area contributed by atoms with Crippen LogP contribution < -0.4 is 14.4 Å². The summed E-state index contributed by atoms with van der Waals surface area (Å²) in [6, 6.07) is 5.82. The molecule has 0 unspecified atom stereocenters. The maximum absolute atomic E-state index is 13.6. The van der Waals surface area contributed by atoms with Crippen LogP contribution in [0.4, 0.5) is 5.82 Å². The minimum atomic E-state index is -0.345. The molecule has 1 atom stereocenters. The van der Waals surface area contributed by atoms with Gasteiger partial charge in [0.25, 0.3) is 0 Å². The Kier molecular flexibility index (Phi) is 5.54. The zero-order valence-electron chi connectivity index (χ0n) is 18.3. The molecule has 2 fully saturated rings. The molecule has 1 aromatic heterocycles. The van der Waals surface area contributed by atoms with Crippen molar-refractivity contribution in [2.24, 2.45) is 5.41 Å². The molecule has 2 aromatic rings. The molecule has 4 rings (SSSR count). The number of para-hydroxylation sites is 1. The number of hydrogen-bond acceptors (Lipinski definition) is 6. The molecule has 1 spiro atoms. The zero-order valence-corrected chi connectivity index (χ0v) is 18.3. The summed E-state index contributed by atoms with van der Waals surface area (Å²) in [6.07, 6.45) is 4.57. The van der Waals surface area contributed by atoms with E-state index >= 15 is 0 Å². The molecule has 160 valence electrons. The number of hydrogen-bond donors (Lipinski definition) is 0. The molecular weight excluding hydrogens is 380 g/mol. The predicted octanol–water partition coefficient (Wildman–Crippen LogP) is 3.13. The van der Waals surface area contributed by atoms with Gasteiger partial charge < -0.3 is 19.3 Å². The Bertz CT molecular complexity index is 948. The molecule has 0 bridgehead atoms. The van der Waals surface area contributed by atoms with E-state index in [1.54, 1.807) is 20.4 Å². The largest absolute Gasteiger partial charge is 0.493 e. The van der Waals surface area contributed by atoms with E-state index < -0.39 is 0 Å². The summed E-state index contributed by atoms with van der Waals surface area (Å²) in [5.41, 5.74) is 2.44. The van der Waals surface area contributed by atoms with Gasteiger partial charge >= 0.3 is 0 Å². The second-order valence-corrected chi connectivity index (χ2v) is 8.36. The number of methoxy groups -OCH3 is 2. The topological polar surface area (TPSA) is 67.8 Å². The molecule has 0 aliphatic carbocycles. The van der Waals surface area contributed by atoms with E-state index in [4.69, 9.17) is 14.5 Å². The highest BCUT2D eigenvalue weighted by Crippen LogP contribution is 2.42. The fraction of sp³-hybridized carbons (Fsp3) is 0.522. The Balaban J connectivity index is 1.55. The maximum Gasteiger partial charge on any atom is 0.230 e. The Morgan fingerprint density at radius 1 is 1.13 bits per heavy atom. The molecule has 2 aliphatic heterocycles. The Morgan fingerprint density at radius 3 is 2.73 bits per heavy atom. The van der Waals surface area contributed by atoms with Crippen LogP contribution in [0.15, 0.2) is 24.4 Å². The smallest absolute Gasteiger partial charge is 0.230 e. The second-order valence-electron chi connectivity index (χ2n) is 8.36. The number of nitrogens with zero attached hydrogens (tertiary/aromatic N) is 4. The summed E-state index contributed by atoms with van der Waals surface area (Å²) in [6.45, 7) is 6.78. The maximum atomic E-state index is 13.6. The van der Waals surface area contributed by atoms with Gasteiger partial charge in [0.2, 0.25) is 5.91 Å². The van der Waals surface area contributed by atoms with Crippen molar-refractivity contribution in [2.75, 3.05) is 38.8 Å². The van der Waals surface area contributed by atoms with E-state index in [0.717, 1.165) is 55.1 Å². The van der Waals surface area contributed by atoms with Crippen molar-refractivity contribution in [1.82, 2.24) is 14.9 Å². The summed E-state index contributed by atoms with van der Waals surface area (Å²) in [5, 5.41) is 0. The van der Waals surface area contributed by atoms with Gasteiger partial charge in [0.05, 0.1) is 31.0 Å². The lowest BCUT2D eigenvalue weighted by Crippen LogP contribution is -2.49. The van der Waals surface area contributed by atoms with Gasteiger partial charge in [-0.2, -0.15) is 0 Å². The molecule has 7 nitrogen and oxygen atoms in total. The average molecular weight is 411 g/mol. The fourth-order valence-electron chi connectivity index (χ4n) is 4.84. The highest BCUT2D eigenvalue weighted by Gasteiger charge is 2.49. The van der Waals surface area contributed by atoms with Gasteiger partial charge in [-0.25, -0.2) is 4.98 Å². The van der Waals surface area contributed by atoms with Crippen molar-refractivity contribution in [1.29, 1.82) is 0 Å². The van der Waals surface area contributed by atoms with Crippen LogP contribution >= 0.6 is 0 Å². The van der Waals surface area contributed by atoms with Crippen molar-refractivity contribution in [3.63, 3.8) is 0 Å². The van der Waals surface area contributed by atoms with E-state index in [2.05, 4.69) is 9.88 Å². The summed E-state index contributed by atoms with van der Waals surface area (Å²) >= 11 is 0. The third-order valence-corrected chi connectivity index (χ3v) is 6.37. The highest BCUT2D eigenvalue weighted by molar-refractivity contribution is 5.85. The van der Waals surface area contributed by atoms with Crippen molar-refractivity contribution >= 4 is 11.7 Å². The van der Waals surface area contributed by atoms with Gasteiger partial charge in [-0.05, 0) is 39.2 Å². The van der Waals surface area contributed by atoms with Crippen LogP contribution in [0, 0.1) is 19.3 Å². The zero-order chi connectivity index (χ0) is 21.3. The van der Waals surface area contributed by atoms with E-state index in [0.29, 0.717) is 24.6 Å². The average Bonchev–Trinajstić information content (AvgIpc) is 3.17. The lowest BCUT2D eigenvalue weighted by Gasteiger charge is -2.39.